The van der Waals surface area contributed by atoms with E-state index in [0.29, 0.717) is 31.8 Å². The molecule has 6 nitrogen and oxygen atoms in total. The van der Waals surface area contributed by atoms with Crippen LogP contribution < -0.4 is 4.90 Å². The van der Waals surface area contributed by atoms with Crippen molar-refractivity contribution < 1.29 is 9.59 Å². The van der Waals surface area contributed by atoms with Gasteiger partial charge in [0.25, 0.3) is 0 Å². The van der Waals surface area contributed by atoms with Crippen molar-refractivity contribution in [3.05, 3.63) is 66.3 Å². The molecule has 0 saturated carbocycles. The van der Waals surface area contributed by atoms with Crippen LogP contribution in [0, 0.1) is 6.42 Å². The second kappa shape index (κ2) is 7.94. The van der Waals surface area contributed by atoms with Crippen LogP contribution in [-0.4, -0.2) is 46.3 Å². The standard InChI is InChI=1S/C24H25N4O2/c29-22-11-5-7-17-6-1-4-10-21(17)28(22)16-23(30)27-14-12-18(13-15-27)24-25-19-8-2-3-9-20(19)26-24/h1-4,6-10,18H,5,11-16H2,(H,25,26). The Bertz CT molecular complexity index is 1050. The zero-order chi connectivity index (χ0) is 20.5. The van der Waals surface area contributed by atoms with E-state index in [-0.39, 0.29) is 18.4 Å². The molecule has 2 amide bonds. The Morgan fingerprint density at radius 2 is 1.83 bits per heavy atom. The third-order valence-electron chi connectivity index (χ3n) is 6.19. The summed E-state index contributed by atoms with van der Waals surface area (Å²) >= 11 is 0. The number of H-pyrrole nitrogens is 1. The highest BCUT2D eigenvalue weighted by molar-refractivity contribution is 6.00. The van der Waals surface area contributed by atoms with E-state index in [1.54, 1.807) is 4.90 Å². The summed E-state index contributed by atoms with van der Waals surface area (Å²) < 4.78 is 0. The Balaban J connectivity index is 1.25. The lowest BCUT2D eigenvalue weighted by atomic mass is 9.96. The molecule has 1 N–H and O–H groups in total. The molecule has 2 aromatic carbocycles. The largest absolute Gasteiger partial charge is 0.342 e. The molecule has 0 bridgehead atoms. The van der Waals surface area contributed by atoms with Crippen LogP contribution in [0.25, 0.3) is 11.0 Å². The van der Waals surface area contributed by atoms with Gasteiger partial charge >= 0.3 is 0 Å². The molecular weight excluding hydrogens is 376 g/mol. The monoisotopic (exact) mass is 401 g/mol. The molecule has 30 heavy (non-hydrogen) atoms. The molecule has 1 fully saturated rings. The maximum atomic E-state index is 13.0. The molecule has 153 valence electrons. The molecule has 0 aliphatic carbocycles. The van der Waals surface area contributed by atoms with Gasteiger partial charge in [0, 0.05) is 31.1 Å². The predicted octanol–water partition coefficient (Wildman–Crippen LogP) is 3.65. The molecule has 1 aromatic heterocycles. The molecule has 6 heteroatoms. The van der Waals surface area contributed by atoms with Crippen LogP contribution in [0.5, 0.6) is 0 Å². The van der Waals surface area contributed by atoms with Crippen LogP contribution in [0.15, 0.2) is 48.5 Å². The zero-order valence-corrected chi connectivity index (χ0v) is 16.9. The summed E-state index contributed by atoms with van der Waals surface area (Å²) in [6, 6.07) is 15.9. The van der Waals surface area contributed by atoms with E-state index in [4.69, 9.17) is 4.98 Å². The van der Waals surface area contributed by atoms with Gasteiger partial charge in [-0.3, -0.25) is 9.59 Å². The summed E-state index contributed by atoms with van der Waals surface area (Å²) in [7, 11) is 0. The number of carbonyl (C=O) groups is 2. The average molecular weight is 401 g/mol. The van der Waals surface area contributed by atoms with Crippen molar-refractivity contribution in [2.75, 3.05) is 24.5 Å². The van der Waals surface area contributed by atoms with E-state index in [0.717, 1.165) is 41.0 Å². The Morgan fingerprint density at radius 3 is 2.67 bits per heavy atom. The normalized spacial score (nSPS) is 17.8. The van der Waals surface area contributed by atoms with Crippen molar-refractivity contribution in [3.8, 4) is 0 Å². The van der Waals surface area contributed by atoms with Gasteiger partial charge in [-0.15, -0.1) is 0 Å². The van der Waals surface area contributed by atoms with Gasteiger partial charge in [-0.1, -0.05) is 30.3 Å². The average Bonchev–Trinajstić information content (AvgIpc) is 3.15. The number of aromatic amines is 1. The number of carbonyl (C=O) groups excluding carboxylic acids is 2. The Kier molecular flexibility index (Phi) is 4.99. The van der Waals surface area contributed by atoms with Crippen molar-refractivity contribution in [3.63, 3.8) is 0 Å². The van der Waals surface area contributed by atoms with Crippen molar-refractivity contribution in [2.24, 2.45) is 0 Å². The van der Waals surface area contributed by atoms with Crippen LogP contribution in [0.3, 0.4) is 0 Å². The van der Waals surface area contributed by atoms with E-state index in [1.807, 2.05) is 53.4 Å². The van der Waals surface area contributed by atoms with Crippen molar-refractivity contribution in [2.45, 2.75) is 31.6 Å². The van der Waals surface area contributed by atoms with Gasteiger partial charge in [-0.05, 0) is 49.4 Å². The number of aromatic nitrogens is 2. The Morgan fingerprint density at radius 1 is 1.07 bits per heavy atom. The third kappa shape index (κ3) is 3.58. The minimum absolute atomic E-state index is 0.0155. The van der Waals surface area contributed by atoms with Crippen molar-refractivity contribution in [1.29, 1.82) is 0 Å². The first-order valence-electron chi connectivity index (χ1n) is 10.6. The van der Waals surface area contributed by atoms with E-state index in [2.05, 4.69) is 11.4 Å². The molecule has 5 rings (SSSR count). The summed E-state index contributed by atoms with van der Waals surface area (Å²) in [6.45, 7) is 1.49. The SMILES string of the molecule is O=C(CN1C(=O)CC[CH]c2ccccc21)N1CCC(c2nc3ccccc3[nH]2)CC1. The smallest absolute Gasteiger partial charge is 0.242 e. The van der Waals surface area contributed by atoms with Crippen LogP contribution >= 0.6 is 0 Å². The van der Waals surface area contributed by atoms with Gasteiger partial charge in [0.15, 0.2) is 0 Å². The maximum absolute atomic E-state index is 13.0. The van der Waals surface area contributed by atoms with Crippen molar-refractivity contribution >= 4 is 28.5 Å². The number of hydrogen-bond donors (Lipinski definition) is 1. The van der Waals surface area contributed by atoms with Crippen LogP contribution in [0.4, 0.5) is 5.69 Å². The topological polar surface area (TPSA) is 69.3 Å². The number of rotatable bonds is 3. The van der Waals surface area contributed by atoms with Crippen LogP contribution in [-0.2, 0) is 9.59 Å². The van der Waals surface area contributed by atoms with E-state index in [9.17, 15) is 9.59 Å². The second-order valence-electron chi connectivity index (χ2n) is 8.08. The molecular formula is C24H25N4O2. The Labute approximate surface area is 175 Å². The van der Waals surface area contributed by atoms with Gasteiger partial charge in [0.2, 0.25) is 11.8 Å². The van der Waals surface area contributed by atoms with E-state index >= 15 is 0 Å². The molecule has 1 saturated heterocycles. The number of nitrogens with one attached hydrogen (secondary N) is 1. The number of amides is 2. The highest BCUT2D eigenvalue weighted by Gasteiger charge is 2.29. The molecule has 3 aromatic rings. The van der Waals surface area contributed by atoms with Crippen LogP contribution in [0.2, 0.25) is 0 Å². The first-order chi connectivity index (χ1) is 14.7. The zero-order valence-electron chi connectivity index (χ0n) is 16.9. The van der Waals surface area contributed by atoms with Gasteiger partial charge in [-0.25, -0.2) is 4.98 Å². The fourth-order valence-electron chi connectivity index (χ4n) is 4.50. The lowest BCUT2D eigenvalue weighted by Gasteiger charge is -2.33. The number of hydrogen-bond acceptors (Lipinski definition) is 3. The van der Waals surface area contributed by atoms with Gasteiger partial charge in [0.1, 0.15) is 12.4 Å². The fraction of sp³-hybridized carbons (Fsp3) is 0.333. The number of benzene rings is 2. The molecule has 0 unspecified atom stereocenters. The van der Waals surface area contributed by atoms with E-state index < -0.39 is 0 Å². The number of likely N-dealkylation sites (tertiary alicyclic amines) is 1. The summed E-state index contributed by atoms with van der Waals surface area (Å²) in [5.41, 5.74) is 3.91. The van der Waals surface area contributed by atoms with Crippen LogP contribution in [0.1, 0.15) is 43.0 Å². The summed E-state index contributed by atoms with van der Waals surface area (Å²) in [4.78, 5) is 37.4. The maximum Gasteiger partial charge on any atom is 0.242 e. The van der Waals surface area contributed by atoms with Gasteiger partial charge in [-0.2, -0.15) is 0 Å². The number of anilines is 1. The summed E-state index contributed by atoms with van der Waals surface area (Å²) in [6.07, 6.45) is 4.99. The molecule has 2 aliphatic heterocycles. The number of piperidine rings is 1. The molecule has 2 aliphatic rings. The minimum atomic E-state index is 0.0155. The highest BCUT2D eigenvalue weighted by atomic mass is 16.2. The second-order valence-corrected chi connectivity index (χ2v) is 8.08. The quantitative estimate of drug-likeness (QED) is 0.728. The number of fused-ring (bicyclic) bond motifs is 2. The fourth-order valence-corrected chi connectivity index (χ4v) is 4.50. The number of para-hydroxylation sites is 3. The summed E-state index contributed by atoms with van der Waals surface area (Å²) in [5, 5.41) is 0. The third-order valence-corrected chi connectivity index (χ3v) is 6.19. The first-order valence-corrected chi connectivity index (χ1v) is 10.6. The first kappa shape index (κ1) is 18.9. The summed E-state index contributed by atoms with van der Waals surface area (Å²) in [5.74, 6) is 1.37. The molecule has 0 spiro atoms. The number of nitrogens with zero attached hydrogens (tertiary/aromatic N) is 3. The molecule has 0 atom stereocenters. The highest BCUT2D eigenvalue weighted by Crippen LogP contribution is 2.30. The molecule has 1 radical (unpaired) electrons. The Hall–Kier alpha value is -3.15. The lowest BCUT2D eigenvalue weighted by molar-refractivity contribution is -0.132. The minimum Gasteiger partial charge on any atom is -0.342 e. The van der Waals surface area contributed by atoms with E-state index in [1.165, 1.54) is 0 Å². The van der Waals surface area contributed by atoms with Gasteiger partial charge < -0.3 is 14.8 Å². The molecule has 3 heterocycles. The number of imidazole rings is 1. The predicted molar refractivity (Wildman–Crippen MR) is 116 cm³/mol. The van der Waals surface area contributed by atoms with Gasteiger partial charge in [0.05, 0.1) is 11.0 Å². The lowest BCUT2D eigenvalue weighted by Crippen LogP contribution is -2.45. The van der Waals surface area contributed by atoms with Crippen molar-refractivity contribution in [1.82, 2.24) is 14.9 Å².